The van der Waals surface area contributed by atoms with Crippen molar-refractivity contribution in [2.45, 2.75) is 56.5 Å². The predicted octanol–water partition coefficient (Wildman–Crippen LogP) is 3.83. The van der Waals surface area contributed by atoms with E-state index in [9.17, 15) is 8.42 Å². The van der Waals surface area contributed by atoms with E-state index in [2.05, 4.69) is 10.6 Å². The van der Waals surface area contributed by atoms with E-state index in [4.69, 9.17) is 9.41 Å². The second kappa shape index (κ2) is 11.0. The molecule has 0 amide bonds. The van der Waals surface area contributed by atoms with E-state index >= 15 is 0 Å². The molecule has 29 heavy (non-hydrogen) atoms. The zero-order chi connectivity index (χ0) is 20.0. The summed E-state index contributed by atoms with van der Waals surface area (Å²) in [5, 5.41) is 6.92. The van der Waals surface area contributed by atoms with Crippen LogP contribution in [0.2, 0.25) is 0 Å². The normalized spacial score (nSPS) is 15.2. The molecule has 1 aromatic carbocycles. The molecule has 0 unspecified atom stereocenters. The highest BCUT2D eigenvalue weighted by atomic mass is 127. The summed E-state index contributed by atoms with van der Waals surface area (Å²) in [6.07, 6.45) is 8.55. The van der Waals surface area contributed by atoms with Gasteiger partial charge in [0.2, 0.25) is 0 Å². The Morgan fingerprint density at radius 2 is 2.00 bits per heavy atom. The smallest absolute Gasteiger partial charge is 0.191 e. The number of hydrogen-bond donors (Lipinski definition) is 2. The van der Waals surface area contributed by atoms with E-state index in [0.29, 0.717) is 17.5 Å². The first kappa shape index (κ1) is 23.7. The molecule has 1 aliphatic rings. The largest absolute Gasteiger partial charge is 0.469 e. The number of halogens is 1. The molecule has 8 heteroatoms. The quantitative estimate of drug-likeness (QED) is 0.323. The zero-order valence-corrected chi connectivity index (χ0v) is 20.1. The highest BCUT2D eigenvalue weighted by Gasteiger charge is 2.16. The molecule has 1 heterocycles. The molecule has 1 saturated carbocycles. The van der Waals surface area contributed by atoms with Crippen LogP contribution in [0, 0.1) is 6.92 Å². The Labute approximate surface area is 190 Å². The SMILES string of the molecule is Cc1cc(CN=C(NCCc2ccco2)NC2CCCC2)ccc1S(C)(=O)=O.I. The minimum absolute atomic E-state index is 0. The van der Waals surface area contributed by atoms with Gasteiger partial charge >= 0.3 is 0 Å². The van der Waals surface area contributed by atoms with Crippen molar-refractivity contribution < 1.29 is 12.8 Å². The van der Waals surface area contributed by atoms with Crippen LogP contribution in [-0.4, -0.2) is 33.2 Å². The molecule has 1 fully saturated rings. The van der Waals surface area contributed by atoms with Gasteiger partial charge in [-0.25, -0.2) is 13.4 Å². The van der Waals surface area contributed by atoms with Crippen molar-refractivity contribution in [1.29, 1.82) is 0 Å². The average Bonchev–Trinajstić information content (AvgIpc) is 3.32. The lowest BCUT2D eigenvalue weighted by molar-refractivity contribution is 0.506. The summed E-state index contributed by atoms with van der Waals surface area (Å²) in [6, 6.07) is 9.73. The van der Waals surface area contributed by atoms with Crippen LogP contribution >= 0.6 is 24.0 Å². The molecule has 0 radical (unpaired) electrons. The number of guanidine groups is 1. The number of furan rings is 1. The van der Waals surface area contributed by atoms with Crippen LogP contribution < -0.4 is 10.6 Å². The molecule has 3 rings (SSSR count). The van der Waals surface area contributed by atoms with Crippen molar-refractivity contribution in [3.8, 4) is 0 Å². The molecule has 0 bridgehead atoms. The van der Waals surface area contributed by atoms with Gasteiger partial charge in [-0.15, -0.1) is 24.0 Å². The predicted molar refractivity (Wildman–Crippen MR) is 127 cm³/mol. The molecular formula is C21H30IN3O3S. The average molecular weight is 531 g/mol. The Morgan fingerprint density at radius 1 is 1.24 bits per heavy atom. The van der Waals surface area contributed by atoms with E-state index in [1.807, 2.05) is 31.2 Å². The summed E-state index contributed by atoms with van der Waals surface area (Å²) in [5.74, 6) is 1.74. The lowest BCUT2D eigenvalue weighted by atomic mass is 10.1. The third-order valence-corrected chi connectivity index (χ3v) is 6.26. The topological polar surface area (TPSA) is 83.7 Å². The van der Waals surface area contributed by atoms with Crippen molar-refractivity contribution in [3.05, 3.63) is 53.5 Å². The van der Waals surface area contributed by atoms with Gasteiger partial charge in [-0.3, -0.25) is 0 Å². The highest BCUT2D eigenvalue weighted by Crippen LogP contribution is 2.18. The summed E-state index contributed by atoms with van der Waals surface area (Å²) >= 11 is 0. The number of hydrogen-bond acceptors (Lipinski definition) is 4. The van der Waals surface area contributed by atoms with Gasteiger partial charge in [0.25, 0.3) is 0 Å². The summed E-state index contributed by atoms with van der Waals surface area (Å²) in [5.41, 5.74) is 1.75. The van der Waals surface area contributed by atoms with E-state index in [1.165, 1.54) is 31.9 Å². The highest BCUT2D eigenvalue weighted by molar-refractivity contribution is 14.0. The molecule has 1 aromatic heterocycles. The molecular weight excluding hydrogens is 501 g/mol. The zero-order valence-electron chi connectivity index (χ0n) is 17.0. The Bertz CT molecular complexity index is 905. The maximum atomic E-state index is 11.8. The summed E-state index contributed by atoms with van der Waals surface area (Å²) < 4.78 is 29.0. The van der Waals surface area contributed by atoms with E-state index in [0.717, 1.165) is 35.8 Å². The Hall–Kier alpha value is -1.55. The van der Waals surface area contributed by atoms with Crippen LogP contribution in [0.25, 0.3) is 0 Å². The van der Waals surface area contributed by atoms with Crippen LogP contribution in [0.5, 0.6) is 0 Å². The Kier molecular flexibility index (Phi) is 9.01. The molecule has 2 aromatic rings. The summed E-state index contributed by atoms with van der Waals surface area (Å²) in [7, 11) is -3.20. The second-order valence-electron chi connectivity index (χ2n) is 7.42. The van der Waals surface area contributed by atoms with Gasteiger partial charge in [0.15, 0.2) is 15.8 Å². The van der Waals surface area contributed by atoms with E-state index < -0.39 is 9.84 Å². The number of aryl methyl sites for hydroxylation is 1. The van der Waals surface area contributed by atoms with Gasteiger partial charge in [0, 0.05) is 25.3 Å². The van der Waals surface area contributed by atoms with Gasteiger partial charge in [-0.05, 0) is 49.1 Å². The van der Waals surface area contributed by atoms with Crippen LogP contribution in [-0.2, 0) is 22.8 Å². The van der Waals surface area contributed by atoms with Crippen LogP contribution in [0.3, 0.4) is 0 Å². The summed E-state index contributed by atoms with van der Waals surface area (Å²) in [6.45, 7) is 3.05. The molecule has 0 saturated heterocycles. The van der Waals surface area contributed by atoms with Crippen molar-refractivity contribution in [2.24, 2.45) is 4.99 Å². The van der Waals surface area contributed by atoms with E-state index in [-0.39, 0.29) is 24.0 Å². The van der Waals surface area contributed by atoms with Crippen LogP contribution in [0.1, 0.15) is 42.6 Å². The van der Waals surface area contributed by atoms with Crippen molar-refractivity contribution >= 4 is 39.8 Å². The number of nitrogens with one attached hydrogen (secondary N) is 2. The molecule has 0 atom stereocenters. The fourth-order valence-electron chi connectivity index (χ4n) is 3.57. The lowest BCUT2D eigenvalue weighted by Gasteiger charge is -2.17. The number of rotatable bonds is 7. The van der Waals surface area contributed by atoms with Crippen molar-refractivity contribution in [1.82, 2.24) is 10.6 Å². The number of benzene rings is 1. The monoisotopic (exact) mass is 531 g/mol. The maximum absolute atomic E-state index is 11.8. The van der Waals surface area contributed by atoms with Crippen molar-refractivity contribution in [3.63, 3.8) is 0 Å². The lowest BCUT2D eigenvalue weighted by Crippen LogP contribution is -2.43. The fourth-order valence-corrected chi connectivity index (χ4v) is 4.53. The standard InChI is InChI=1S/C21H29N3O3S.HI/c1-16-14-17(9-10-20(16)28(2,25)26)15-23-21(24-18-6-3-4-7-18)22-12-11-19-8-5-13-27-19;/h5,8-10,13-14,18H,3-4,6-7,11-12,15H2,1-2H3,(H2,22,23,24);1H. The second-order valence-corrected chi connectivity index (χ2v) is 9.40. The molecule has 0 spiro atoms. The van der Waals surface area contributed by atoms with Crippen molar-refractivity contribution in [2.75, 3.05) is 12.8 Å². The molecule has 6 nitrogen and oxygen atoms in total. The Morgan fingerprint density at radius 3 is 2.62 bits per heavy atom. The van der Waals surface area contributed by atoms with Gasteiger partial charge in [-0.2, -0.15) is 0 Å². The van der Waals surface area contributed by atoms with Gasteiger partial charge < -0.3 is 15.1 Å². The first-order chi connectivity index (χ1) is 13.4. The van der Waals surface area contributed by atoms with Gasteiger partial charge in [0.05, 0.1) is 17.7 Å². The third-order valence-electron chi connectivity index (χ3n) is 5.00. The molecule has 2 N–H and O–H groups in total. The third kappa shape index (κ3) is 7.33. The number of sulfone groups is 1. The molecule has 1 aliphatic carbocycles. The van der Waals surface area contributed by atoms with E-state index in [1.54, 1.807) is 12.3 Å². The van der Waals surface area contributed by atoms with Gasteiger partial charge in [0.1, 0.15) is 5.76 Å². The number of aliphatic imine (C=N–C) groups is 1. The first-order valence-electron chi connectivity index (χ1n) is 9.78. The molecule has 0 aliphatic heterocycles. The number of nitrogens with zero attached hydrogens (tertiary/aromatic N) is 1. The minimum atomic E-state index is -3.20. The molecule has 160 valence electrons. The van der Waals surface area contributed by atoms with Gasteiger partial charge in [-0.1, -0.05) is 25.0 Å². The van der Waals surface area contributed by atoms with Crippen LogP contribution in [0.4, 0.5) is 0 Å². The van der Waals surface area contributed by atoms with Crippen LogP contribution in [0.15, 0.2) is 50.9 Å². The Balaban J connectivity index is 0.00000300. The summed E-state index contributed by atoms with van der Waals surface area (Å²) in [4.78, 5) is 5.10. The fraction of sp³-hybridized carbons (Fsp3) is 0.476. The minimum Gasteiger partial charge on any atom is -0.469 e. The maximum Gasteiger partial charge on any atom is 0.191 e. The first-order valence-corrected chi connectivity index (χ1v) is 11.7.